The molecule has 180 valence electrons. The quantitative estimate of drug-likeness (QED) is 0.464. The van der Waals surface area contributed by atoms with E-state index in [1.807, 2.05) is 0 Å². The Balaban J connectivity index is 1.51. The molecule has 2 aromatic carbocycles. The number of aryl methyl sites for hydroxylation is 1. The molecule has 0 aliphatic carbocycles. The molecule has 1 N–H and O–H groups in total. The first-order valence-corrected chi connectivity index (χ1v) is 10.6. The topological polar surface area (TPSA) is 102 Å². The van der Waals surface area contributed by atoms with Crippen molar-refractivity contribution in [3.63, 3.8) is 0 Å². The van der Waals surface area contributed by atoms with Crippen LogP contribution in [0.3, 0.4) is 0 Å². The lowest BCUT2D eigenvalue weighted by Crippen LogP contribution is -2.37. The normalized spacial score (nSPS) is 13.9. The summed E-state index contributed by atoms with van der Waals surface area (Å²) >= 11 is 0. The molecule has 5 rings (SSSR count). The van der Waals surface area contributed by atoms with Gasteiger partial charge in [0.25, 0.3) is 5.56 Å². The molecule has 12 heteroatoms. The molecular formula is C23H18F3N5O4. The Labute approximate surface area is 195 Å². The number of H-pyrrole nitrogens is 1. The van der Waals surface area contributed by atoms with Crippen LogP contribution in [0, 0.1) is 12.7 Å². The predicted molar refractivity (Wildman–Crippen MR) is 119 cm³/mol. The van der Waals surface area contributed by atoms with E-state index in [-0.39, 0.29) is 40.5 Å². The van der Waals surface area contributed by atoms with E-state index >= 15 is 0 Å². The number of nitrogens with one attached hydrogen (secondary N) is 1. The second-order valence-electron chi connectivity index (χ2n) is 7.89. The minimum Gasteiger partial charge on any atom is -0.395 e. The van der Waals surface area contributed by atoms with Crippen molar-refractivity contribution in [1.82, 2.24) is 19.7 Å². The van der Waals surface area contributed by atoms with E-state index in [0.29, 0.717) is 11.1 Å². The van der Waals surface area contributed by atoms with Crippen LogP contribution >= 0.6 is 0 Å². The van der Waals surface area contributed by atoms with Crippen LogP contribution in [0.2, 0.25) is 0 Å². The van der Waals surface area contributed by atoms with Gasteiger partial charge in [0.15, 0.2) is 11.5 Å². The summed E-state index contributed by atoms with van der Waals surface area (Å²) in [6, 6.07) is 8.27. The molecule has 1 amide bonds. The Morgan fingerprint density at radius 3 is 2.69 bits per heavy atom. The molecule has 1 aliphatic rings. The largest absolute Gasteiger partial charge is 0.586 e. The van der Waals surface area contributed by atoms with Gasteiger partial charge in [-0.3, -0.25) is 9.59 Å². The fourth-order valence-electron chi connectivity index (χ4n) is 3.98. The van der Waals surface area contributed by atoms with Gasteiger partial charge in [0, 0.05) is 23.9 Å². The van der Waals surface area contributed by atoms with Crippen LogP contribution in [0.1, 0.15) is 12.5 Å². The Hall–Kier alpha value is -4.35. The number of anilines is 1. The number of ether oxygens (including phenoxy) is 2. The molecule has 0 fully saturated rings. The van der Waals surface area contributed by atoms with Crippen LogP contribution < -0.4 is 19.9 Å². The lowest BCUT2D eigenvalue weighted by molar-refractivity contribution is -0.286. The first kappa shape index (κ1) is 22.4. The molecule has 0 unspecified atom stereocenters. The maximum Gasteiger partial charge on any atom is 0.586 e. The third kappa shape index (κ3) is 4.07. The maximum atomic E-state index is 14.1. The van der Waals surface area contributed by atoms with Crippen LogP contribution in [0.4, 0.5) is 18.9 Å². The van der Waals surface area contributed by atoms with Gasteiger partial charge < -0.3 is 19.4 Å². The summed E-state index contributed by atoms with van der Waals surface area (Å²) in [6.07, 6.45) is -2.47. The number of alkyl halides is 2. The van der Waals surface area contributed by atoms with Crippen LogP contribution in [-0.4, -0.2) is 38.5 Å². The molecular weight excluding hydrogens is 467 g/mol. The number of likely N-dealkylation sites (N-methyl/N-ethyl adjacent to an activating group) is 1. The zero-order valence-corrected chi connectivity index (χ0v) is 18.5. The van der Waals surface area contributed by atoms with Crippen molar-refractivity contribution in [1.29, 1.82) is 0 Å². The zero-order chi connectivity index (χ0) is 24.9. The van der Waals surface area contributed by atoms with Crippen LogP contribution in [-0.2, 0) is 11.3 Å². The van der Waals surface area contributed by atoms with Crippen LogP contribution in [0.5, 0.6) is 11.5 Å². The highest BCUT2D eigenvalue weighted by atomic mass is 19.3. The SMILES string of the molecule is CCN(C(=O)Cn1nc(-c2cc(C)cc(F)c2)c2nc[nH]c2c1=O)c1ccc2c(c1)OC(F)(F)O2. The highest BCUT2D eigenvalue weighted by molar-refractivity contribution is 5.94. The highest BCUT2D eigenvalue weighted by Gasteiger charge is 2.43. The fourth-order valence-corrected chi connectivity index (χ4v) is 3.98. The molecule has 1 aliphatic heterocycles. The second kappa shape index (κ2) is 8.15. The summed E-state index contributed by atoms with van der Waals surface area (Å²) in [5.41, 5.74) is 1.29. The molecule has 0 radical (unpaired) electrons. The van der Waals surface area contributed by atoms with Crippen molar-refractivity contribution < 1.29 is 27.4 Å². The standard InChI is InChI=1S/C23H18F3N5O4/c1-3-30(15-4-5-16-17(9-15)35-23(25,26)34-16)18(32)10-31-22(33)21-20(27-11-28-21)19(29-31)13-6-12(2)7-14(24)8-13/h4-9,11H,3,10H2,1-2H3,(H,27,28). The number of nitrogens with zero attached hydrogens (tertiary/aromatic N) is 4. The van der Waals surface area contributed by atoms with E-state index < -0.39 is 30.1 Å². The second-order valence-corrected chi connectivity index (χ2v) is 7.89. The van der Waals surface area contributed by atoms with Gasteiger partial charge in [-0.1, -0.05) is 0 Å². The molecule has 0 atom stereocenters. The van der Waals surface area contributed by atoms with Gasteiger partial charge in [0.05, 0.1) is 6.33 Å². The van der Waals surface area contributed by atoms with Gasteiger partial charge in [-0.05, 0) is 49.7 Å². The van der Waals surface area contributed by atoms with E-state index in [0.717, 1.165) is 4.68 Å². The number of halogens is 3. The van der Waals surface area contributed by atoms with Crippen LogP contribution in [0.25, 0.3) is 22.3 Å². The highest BCUT2D eigenvalue weighted by Crippen LogP contribution is 2.42. The van der Waals surface area contributed by atoms with Crippen molar-refractivity contribution in [3.8, 4) is 22.8 Å². The summed E-state index contributed by atoms with van der Waals surface area (Å²) in [5, 5.41) is 4.32. The molecule has 0 saturated heterocycles. The molecule has 0 spiro atoms. The Morgan fingerprint density at radius 2 is 1.94 bits per heavy atom. The Morgan fingerprint density at radius 1 is 1.17 bits per heavy atom. The third-order valence-electron chi connectivity index (χ3n) is 5.45. The molecule has 2 aromatic heterocycles. The Kier molecular flexibility index (Phi) is 5.23. The lowest BCUT2D eigenvalue weighted by atomic mass is 10.1. The molecule has 9 nitrogen and oxygen atoms in total. The number of imidazole rings is 1. The summed E-state index contributed by atoms with van der Waals surface area (Å²) in [7, 11) is 0. The number of aromatic nitrogens is 4. The summed E-state index contributed by atoms with van der Waals surface area (Å²) < 4.78 is 50.6. The third-order valence-corrected chi connectivity index (χ3v) is 5.45. The molecule has 0 saturated carbocycles. The maximum absolute atomic E-state index is 14.1. The number of benzene rings is 2. The smallest absolute Gasteiger partial charge is 0.395 e. The van der Waals surface area contributed by atoms with Crippen molar-refractivity contribution in [2.75, 3.05) is 11.4 Å². The van der Waals surface area contributed by atoms with Gasteiger partial charge in [-0.15, -0.1) is 8.78 Å². The van der Waals surface area contributed by atoms with E-state index in [1.165, 1.54) is 41.6 Å². The Bertz CT molecular complexity index is 1510. The van der Waals surface area contributed by atoms with Crippen molar-refractivity contribution in [2.45, 2.75) is 26.7 Å². The monoisotopic (exact) mass is 485 g/mol. The number of hydrogen-bond donors (Lipinski definition) is 1. The van der Waals surface area contributed by atoms with Crippen molar-refractivity contribution in [2.24, 2.45) is 0 Å². The zero-order valence-electron chi connectivity index (χ0n) is 18.5. The average molecular weight is 485 g/mol. The van der Waals surface area contributed by atoms with Crippen LogP contribution in [0.15, 0.2) is 47.5 Å². The van der Waals surface area contributed by atoms with E-state index in [1.54, 1.807) is 19.9 Å². The minimum atomic E-state index is -3.79. The van der Waals surface area contributed by atoms with Gasteiger partial charge in [0.2, 0.25) is 5.91 Å². The molecule has 35 heavy (non-hydrogen) atoms. The van der Waals surface area contributed by atoms with E-state index in [9.17, 15) is 22.8 Å². The number of aromatic amines is 1. The van der Waals surface area contributed by atoms with Crippen molar-refractivity contribution in [3.05, 3.63) is 64.5 Å². The van der Waals surface area contributed by atoms with E-state index in [2.05, 4.69) is 24.5 Å². The lowest BCUT2D eigenvalue weighted by Gasteiger charge is -2.21. The number of amides is 1. The van der Waals surface area contributed by atoms with Gasteiger partial charge in [-0.25, -0.2) is 14.1 Å². The number of carbonyl (C=O) groups is 1. The molecule has 0 bridgehead atoms. The summed E-state index contributed by atoms with van der Waals surface area (Å²) in [6.45, 7) is 3.11. The van der Waals surface area contributed by atoms with Gasteiger partial charge >= 0.3 is 6.29 Å². The summed E-state index contributed by atoms with van der Waals surface area (Å²) in [4.78, 5) is 34.3. The number of hydrogen-bond acceptors (Lipinski definition) is 6. The predicted octanol–water partition coefficient (Wildman–Crippen LogP) is 3.61. The van der Waals surface area contributed by atoms with Crippen molar-refractivity contribution >= 4 is 22.6 Å². The number of fused-ring (bicyclic) bond motifs is 2. The first-order valence-electron chi connectivity index (χ1n) is 10.6. The molecule has 3 heterocycles. The first-order chi connectivity index (χ1) is 16.6. The average Bonchev–Trinajstić information content (AvgIpc) is 3.38. The van der Waals surface area contributed by atoms with E-state index in [4.69, 9.17) is 0 Å². The number of rotatable bonds is 5. The number of carbonyl (C=O) groups excluding carboxylic acids is 1. The fraction of sp³-hybridized carbons (Fsp3) is 0.217. The molecule has 4 aromatic rings. The van der Waals surface area contributed by atoms with Gasteiger partial charge in [0.1, 0.15) is 29.1 Å². The summed E-state index contributed by atoms with van der Waals surface area (Å²) in [5.74, 6) is -1.38. The van der Waals surface area contributed by atoms with Gasteiger partial charge in [-0.2, -0.15) is 5.10 Å². The minimum absolute atomic E-state index is 0.109.